The second-order valence-corrected chi connectivity index (χ2v) is 9.40. The van der Waals surface area contributed by atoms with Crippen molar-refractivity contribution in [1.82, 2.24) is 4.31 Å². The molecule has 1 atom stereocenters. The normalized spacial score (nSPS) is 17.8. The minimum absolute atomic E-state index is 0.0585. The first-order valence-electron chi connectivity index (χ1n) is 10.0. The van der Waals surface area contributed by atoms with Gasteiger partial charge in [0.2, 0.25) is 15.9 Å². The number of carbonyl (C=O) groups is 1. The van der Waals surface area contributed by atoms with E-state index in [1.54, 1.807) is 0 Å². The lowest BCUT2D eigenvalue weighted by Crippen LogP contribution is -2.40. The van der Waals surface area contributed by atoms with Crippen molar-refractivity contribution in [2.45, 2.75) is 43.9 Å². The van der Waals surface area contributed by atoms with Crippen LogP contribution in [-0.4, -0.2) is 31.7 Å². The van der Waals surface area contributed by atoms with Crippen LogP contribution in [0.15, 0.2) is 53.4 Å². The maximum absolute atomic E-state index is 13.1. The molecule has 2 aromatic carbocycles. The largest absolute Gasteiger partial charge is 0.326 e. The van der Waals surface area contributed by atoms with Crippen LogP contribution in [0.2, 0.25) is 0 Å². The molecule has 156 valence electrons. The van der Waals surface area contributed by atoms with Gasteiger partial charge in [-0.2, -0.15) is 4.31 Å². The van der Waals surface area contributed by atoms with Gasteiger partial charge in [-0.15, -0.1) is 0 Å². The Labute approximate surface area is 172 Å². The summed E-state index contributed by atoms with van der Waals surface area (Å²) in [6.07, 6.45) is 3.55. The standard InChI is InChI=1S/C22H27FN2O3S/c1-2-17-5-3-7-20(15-17)24-22(26)13-8-18-6-4-14-25(16-18)29(27,28)21-11-9-19(23)10-12-21/h3,5,7,9-12,15,18H,2,4,6,8,13-14,16H2,1H3,(H,24,26). The SMILES string of the molecule is CCc1cccc(NC(=O)CCC2CCCN(S(=O)(=O)c3ccc(F)cc3)C2)c1. The highest BCUT2D eigenvalue weighted by Crippen LogP contribution is 2.26. The number of benzene rings is 2. The van der Waals surface area contributed by atoms with E-state index < -0.39 is 15.8 Å². The van der Waals surface area contributed by atoms with Gasteiger partial charge in [0.25, 0.3) is 0 Å². The van der Waals surface area contributed by atoms with E-state index in [0.717, 1.165) is 42.6 Å². The van der Waals surface area contributed by atoms with Gasteiger partial charge in [-0.05, 0) is 73.6 Å². The smallest absolute Gasteiger partial charge is 0.243 e. The highest BCUT2D eigenvalue weighted by atomic mass is 32.2. The van der Waals surface area contributed by atoms with Crippen molar-refractivity contribution in [2.75, 3.05) is 18.4 Å². The van der Waals surface area contributed by atoms with E-state index in [1.807, 2.05) is 24.3 Å². The fraction of sp³-hybridized carbons (Fsp3) is 0.409. The molecule has 1 amide bonds. The Morgan fingerprint density at radius 2 is 1.97 bits per heavy atom. The predicted molar refractivity (Wildman–Crippen MR) is 112 cm³/mol. The van der Waals surface area contributed by atoms with Crippen molar-refractivity contribution in [3.8, 4) is 0 Å². The molecule has 0 spiro atoms. The predicted octanol–water partition coefficient (Wildman–Crippen LogP) is 4.21. The summed E-state index contributed by atoms with van der Waals surface area (Å²) in [5.41, 5.74) is 1.95. The summed E-state index contributed by atoms with van der Waals surface area (Å²) in [4.78, 5) is 12.4. The molecule has 5 nitrogen and oxygen atoms in total. The Balaban J connectivity index is 1.55. The molecule has 7 heteroatoms. The summed E-state index contributed by atoms with van der Waals surface area (Å²) in [6, 6.07) is 12.7. The van der Waals surface area contributed by atoms with Crippen molar-refractivity contribution in [3.05, 3.63) is 59.9 Å². The molecule has 0 aromatic heterocycles. The zero-order chi connectivity index (χ0) is 20.9. The van der Waals surface area contributed by atoms with E-state index >= 15 is 0 Å². The van der Waals surface area contributed by atoms with Gasteiger partial charge in [-0.25, -0.2) is 12.8 Å². The third kappa shape index (κ3) is 5.64. The molecule has 1 aliphatic rings. The minimum atomic E-state index is -3.64. The number of nitrogens with one attached hydrogen (secondary N) is 1. The zero-order valence-corrected chi connectivity index (χ0v) is 17.4. The van der Waals surface area contributed by atoms with Gasteiger partial charge >= 0.3 is 0 Å². The van der Waals surface area contributed by atoms with Crippen LogP contribution in [0.25, 0.3) is 0 Å². The molecule has 1 unspecified atom stereocenters. The molecular weight excluding hydrogens is 391 g/mol. The van der Waals surface area contributed by atoms with E-state index in [0.29, 0.717) is 25.9 Å². The van der Waals surface area contributed by atoms with E-state index in [9.17, 15) is 17.6 Å². The monoisotopic (exact) mass is 418 g/mol. The fourth-order valence-corrected chi connectivity index (χ4v) is 5.22. The lowest BCUT2D eigenvalue weighted by Gasteiger charge is -2.32. The van der Waals surface area contributed by atoms with Gasteiger partial charge in [0.15, 0.2) is 0 Å². The van der Waals surface area contributed by atoms with Crippen molar-refractivity contribution in [2.24, 2.45) is 5.92 Å². The Kier molecular flexibility index (Phi) is 7.03. The average molecular weight is 419 g/mol. The summed E-state index contributed by atoms with van der Waals surface area (Å²) in [6.45, 7) is 2.90. The number of piperidine rings is 1. The molecule has 0 aliphatic carbocycles. The summed E-state index contributed by atoms with van der Waals surface area (Å²) in [5.74, 6) is -0.389. The number of halogens is 1. The highest BCUT2D eigenvalue weighted by molar-refractivity contribution is 7.89. The maximum Gasteiger partial charge on any atom is 0.243 e. The molecule has 1 aliphatic heterocycles. The van der Waals surface area contributed by atoms with Crippen molar-refractivity contribution < 1.29 is 17.6 Å². The van der Waals surface area contributed by atoms with Crippen LogP contribution in [-0.2, 0) is 21.2 Å². The van der Waals surface area contributed by atoms with Gasteiger partial charge in [0.1, 0.15) is 5.82 Å². The Bertz CT molecular complexity index is 945. The summed E-state index contributed by atoms with van der Waals surface area (Å²) >= 11 is 0. The van der Waals surface area contributed by atoms with Crippen LogP contribution in [0.3, 0.4) is 0 Å². The third-order valence-electron chi connectivity index (χ3n) is 5.33. The molecule has 0 saturated carbocycles. The molecule has 29 heavy (non-hydrogen) atoms. The molecule has 0 radical (unpaired) electrons. The number of aryl methyl sites for hydroxylation is 1. The van der Waals surface area contributed by atoms with E-state index in [4.69, 9.17) is 0 Å². The van der Waals surface area contributed by atoms with Crippen molar-refractivity contribution in [1.29, 1.82) is 0 Å². The molecule has 3 rings (SSSR count). The molecule has 1 heterocycles. The quantitative estimate of drug-likeness (QED) is 0.733. The van der Waals surface area contributed by atoms with Gasteiger partial charge in [0, 0.05) is 25.2 Å². The molecule has 2 aromatic rings. The number of nitrogens with zero attached hydrogens (tertiary/aromatic N) is 1. The Hall–Kier alpha value is -2.25. The lowest BCUT2D eigenvalue weighted by atomic mass is 9.94. The summed E-state index contributed by atoms with van der Waals surface area (Å²) < 4.78 is 40.2. The second kappa shape index (κ2) is 9.50. The average Bonchev–Trinajstić information content (AvgIpc) is 2.73. The molecule has 0 bridgehead atoms. The highest BCUT2D eigenvalue weighted by Gasteiger charge is 2.30. The first-order valence-corrected chi connectivity index (χ1v) is 11.5. The zero-order valence-electron chi connectivity index (χ0n) is 16.6. The Morgan fingerprint density at radius 1 is 1.21 bits per heavy atom. The van der Waals surface area contributed by atoms with E-state index in [1.165, 1.54) is 16.4 Å². The number of sulfonamides is 1. The van der Waals surface area contributed by atoms with Crippen LogP contribution in [0.4, 0.5) is 10.1 Å². The van der Waals surface area contributed by atoms with Crippen molar-refractivity contribution in [3.63, 3.8) is 0 Å². The van der Waals surface area contributed by atoms with Crippen LogP contribution in [0.1, 0.15) is 38.2 Å². The molecule has 1 fully saturated rings. The van der Waals surface area contributed by atoms with E-state index in [2.05, 4.69) is 12.2 Å². The third-order valence-corrected chi connectivity index (χ3v) is 7.21. The van der Waals surface area contributed by atoms with Gasteiger partial charge in [-0.1, -0.05) is 19.1 Å². The topological polar surface area (TPSA) is 66.5 Å². The fourth-order valence-electron chi connectivity index (χ4n) is 3.66. The second-order valence-electron chi connectivity index (χ2n) is 7.47. The van der Waals surface area contributed by atoms with Gasteiger partial charge in [0.05, 0.1) is 4.90 Å². The molecule has 1 N–H and O–H groups in total. The summed E-state index contributed by atoms with van der Waals surface area (Å²) in [7, 11) is -3.64. The lowest BCUT2D eigenvalue weighted by molar-refractivity contribution is -0.116. The number of hydrogen-bond acceptors (Lipinski definition) is 3. The number of hydrogen-bond donors (Lipinski definition) is 1. The molecular formula is C22H27FN2O3S. The summed E-state index contributed by atoms with van der Waals surface area (Å²) in [5, 5.41) is 2.92. The number of anilines is 1. The van der Waals surface area contributed by atoms with E-state index in [-0.39, 0.29) is 16.7 Å². The number of rotatable bonds is 7. The first kappa shape index (κ1) is 21.5. The number of carbonyl (C=O) groups excluding carboxylic acids is 1. The molecule has 1 saturated heterocycles. The first-order chi connectivity index (χ1) is 13.9. The van der Waals surface area contributed by atoms with Gasteiger partial charge < -0.3 is 5.32 Å². The Morgan fingerprint density at radius 3 is 2.69 bits per heavy atom. The van der Waals surface area contributed by atoms with Crippen LogP contribution >= 0.6 is 0 Å². The minimum Gasteiger partial charge on any atom is -0.326 e. The number of amides is 1. The van der Waals surface area contributed by atoms with Crippen LogP contribution < -0.4 is 5.32 Å². The van der Waals surface area contributed by atoms with Crippen molar-refractivity contribution >= 4 is 21.6 Å². The van der Waals surface area contributed by atoms with Crippen LogP contribution in [0.5, 0.6) is 0 Å². The van der Waals surface area contributed by atoms with Crippen LogP contribution in [0, 0.1) is 11.7 Å². The van der Waals surface area contributed by atoms with Gasteiger partial charge in [-0.3, -0.25) is 4.79 Å². The maximum atomic E-state index is 13.1.